The number of piperidine rings is 1. The molecule has 0 saturated carbocycles. The molecule has 1 amide bonds. The van der Waals surface area contributed by atoms with Crippen LogP contribution in [0.25, 0.3) is 0 Å². The van der Waals surface area contributed by atoms with Gasteiger partial charge in [0.05, 0.1) is 6.61 Å². The molecular formula is C25H32N2O4. The first kappa shape index (κ1) is 22.7. The third-order valence-corrected chi connectivity index (χ3v) is 5.18. The van der Waals surface area contributed by atoms with Crippen LogP contribution < -0.4 is 5.32 Å². The Morgan fingerprint density at radius 1 is 1.00 bits per heavy atom. The molecule has 1 fully saturated rings. The molecule has 1 aliphatic heterocycles. The molecule has 1 N–H and O–H groups in total. The molecule has 6 nitrogen and oxygen atoms in total. The Morgan fingerprint density at radius 2 is 1.58 bits per heavy atom. The molecule has 1 heterocycles. The number of ether oxygens (including phenoxy) is 2. The number of carbonyl (C=O) groups is 2. The van der Waals surface area contributed by atoms with Crippen LogP contribution in [-0.4, -0.2) is 42.3 Å². The van der Waals surface area contributed by atoms with E-state index in [1.165, 1.54) is 0 Å². The van der Waals surface area contributed by atoms with Crippen molar-refractivity contribution in [3.63, 3.8) is 0 Å². The number of para-hydroxylation sites is 1. The lowest BCUT2D eigenvalue weighted by molar-refractivity contribution is -0.146. The fourth-order valence-corrected chi connectivity index (χ4v) is 3.52. The van der Waals surface area contributed by atoms with Crippen molar-refractivity contribution >= 4 is 17.7 Å². The first-order valence-corrected chi connectivity index (χ1v) is 10.8. The number of benzene rings is 2. The minimum atomic E-state index is -0.578. The van der Waals surface area contributed by atoms with Crippen LogP contribution in [0.1, 0.15) is 45.2 Å². The third kappa shape index (κ3) is 7.02. The standard InChI is InChI=1S/C25H32N2O4/c1-25(2,3)31-24(29)27-16-14-19(15-17-27)18-30-23(28)22(20-10-6-4-7-11-20)26-21-12-8-5-9-13-21/h4-13,19,22,26H,14-18H2,1-3H3. The van der Waals surface area contributed by atoms with E-state index in [0.29, 0.717) is 19.7 Å². The summed E-state index contributed by atoms with van der Waals surface area (Å²) < 4.78 is 11.2. The van der Waals surface area contributed by atoms with Gasteiger partial charge in [0, 0.05) is 18.8 Å². The average Bonchev–Trinajstić information content (AvgIpc) is 2.76. The highest BCUT2D eigenvalue weighted by Crippen LogP contribution is 2.24. The van der Waals surface area contributed by atoms with Crippen LogP contribution in [0.3, 0.4) is 0 Å². The van der Waals surface area contributed by atoms with Gasteiger partial charge in [-0.1, -0.05) is 48.5 Å². The third-order valence-electron chi connectivity index (χ3n) is 5.18. The second-order valence-electron chi connectivity index (χ2n) is 8.89. The van der Waals surface area contributed by atoms with E-state index in [1.54, 1.807) is 4.90 Å². The Labute approximate surface area is 184 Å². The first-order valence-electron chi connectivity index (χ1n) is 10.8. The van der Waals surface area contributed by atoms with Gasteiger partial charge in [-0.15, -0.1) is 0 Å². The minimum Gasteiger partial charge on any atom is -0.464 e. The Morgan fingerprint density at radius 3 is 2.16 bits per heavy atom. The number of hydrogen-bond donors (Lipinski definition) is 1. The zero-order chi connectivity index (χ0) is 22.3. The van der Waals surface area contributed by atoms with Crippen LogP contribution in [0.15, 0.2) is 60.7 Å². The monoisotopic (exact) mass is 424 g/mol. The number of rotatable bonds is 6. The van der Waals surface area contributed by atoms with Crippen molar-refractivity contribution in [2.75, 3.05) is 25.0 Å². The predicted molar refractivity (Wildman–Crippen MR) is 121 cm³/mol. The SMILES string of the molecule is CC(C)(C)OC(=O)N1CCC(COC(=O)C(Nc2ccccc2)c2ccccc2)CC1. The topological polar surface area (TPSA) is 67.9 Å². The Kier molecular flexibility index (Phi) is 7.55. The lowest BCUT2D eigenvalue weighted by Crippen LogP contribution is -2.42. The molecule has 0 bridgehead atoms. The van der Waals surface area contributed by atoms with E-state index in [1.807, 2.05) is 81.4 Å². The second kappa shape index (κ2) is 10.3. The molecule has 6 heteroatoms. The molecular weight excluding hydrogens is 392 g/mol. The van der Waals surface area contributed by atoms with Crippen molar-refractivity contribution in [2.45, 2.75) is 45.3 Å². The molecule has 1 atom stereocenters. The second-order valence-corrected chi connectivity index (χ2v) is 8.89. The van der Waals surface area contributed by atoms with Gasteiger partial charge in [0.25, 0.3) is 0 Å². The van der Waals surface area contributed by atoms with Gasteiger partial charge >= 0.3 is 12.1 Å². The summed E-state index contributed by atoms with van der Waals surface area (Å²) in [5.41, 5.74) is 1.22. The van der Waals surface area contributed by atoms with E-state index in [4.69, 9.17) is 9.47 Å². The predicted octanol–water partition coefficient (Wildman–Crippen LogP) is 5.03. The van der Waals surface area contributed by atoms with E-state index >= 15 is 0 Å². The van der Waals surface area contributed by atoms with Crippen LogP contribution in [-0.2, 0) is 14.3 Å². The molecule has 0 aliphatic carbocycles. The Bertz CT molecular complexity index is 841. The summed E-state index contributed by atoms with van der Waals surface area (Å²) >= 11 is 0. The fourth-order valence-electron chi connectivity index (χ4n) is 3.52. The van der Waals surface area contributed by atoms with Gasteiger partial charge in [-0.05, 0) is 57.2 Å². The normalized spacial score (nSPS) is 15.8. The molecule has 2 aromatic rings. The zero-order valence-electron chi connectivity index (χ0n) is 18.5. The zero-order valence-corrected chi connectivity index (χ0v) is 18.5. The van der Waals surface area contributed by atoms with E-state index in [-0.39, 0.29) is 18.0 Å². The van der Waals surface area contributed by atoms with Gasteiger partial charge in [0.15, 0.2) is 6.04 Å². The molecule has 2 aromatic carbocycles. The largest absolute Gasteiger partial charge is 0.464 e. The van der Waals surface area contributed by atoms with Gasteiger partial charge in [-0.2, -0.15) is 0 Å². The van der Waals surface area contributed by atoms with E-state index in [0.717, 1.165) is 24.1 Å². The Hall–Kier alpha value is -3.02. The summed E-state index contributed by atoms with van der Waals surface area (Å²) in [7, 11) is 0. The number of nitrogens with one attached hydrogen (secondary N) is 1. The Balaban J connectivity index is 1.54. The van der Waals surface area contributed by atoms with Crippen molar-refractivity contribution in [3.8, 4) is 0 Å². The summed E-state index contributed by atoms with van der Waals surface area (Å²) in [4.78, 5) is 26.9. The van der Waals surface area contributed by atoms with Crippen LogP contribution in [0.4, 0.5) is 10.5 Å². The molecule has 1 aliphatic rings. The maximum atomic E-state index is 13.0. The highest BCUT2D eigenvalue weighted by Gasteiger charge is 2.28. The molecule has 0 spiro atoms. The number of likely N-dealkylation sites (tertiary alicyclic amines) is 1. The maximum Gasteiger partial charge on any atom is 0.410 e. The summed E-state index contributed by atoms with van der Waals surface area (Å²) in [6, 6.07) is 18.6. The summed E-state index contributed by atoms with van der Waals surface area (Å²) in [5.74, 6) is -0.0691. The van der Waals surface area contributed by atoms with Gasteiger partial charge < -0.3 is 19.7 Å². The lowest BCUT2D eigenvalue weighted by atomic mass is 9.98. The molecule has 0 aromatic heterocycles. The molecule has 3 rings (SSSR count). The minimum absolute atomic E-state index is 0.232. The van der Waals surface area contributed by atoms with E-state index in [9.17, 15) is 9.59 Å². The van der Waals surface area contributed by atoms with Crippen LogP contribution in [0.5, 0.6) is 0 Å². The first-order chi connectivity index (χ1) is 14.8. The van der Waals surface area contributed by atoms with Crippen LogP contribution in [0, 0.1) is 5.92 Å². The average molecular weight is 425 g/mol. The fraction of sp³-hybridized carbons (Fsp3) is 0.440. The summed E-state index contributed by atoms with van der Waals surface area (Å²) in [6.07, 6.45) is 1.29. The summed E-state index contributed by atoms with van der Waals surface area (Å²) in [5, 5.41) is 3.28. The van der Waals surface area contributed by atoms with Crippen LogP contribution >= 0.6 is 0 Å². The van der Waals surface area contributed by atoms with Crippen molar-refractivity contribution in [1.82, 2.24) is 4.90 Å². The quantitative estimate of drug-likeness (QED) is 0.659. The summed E-state index contributed by atoms with van der Waals surface area (Å²) in [6.45, 7) is 7.17. The van der Waals surface area contributed by atoms with E-state index in [2.05, 4.69) is 5.32 Å². The lowest BCUT2D eigenvalue weighted by Gasteiger charge is -2.33. The highest BCUT2D eigenvalue weighted by molar-refractivity contribution is 5.81. The number of carbonyl (C=O) groups excluding carboxylic acids is 2. The molecule has 1 saturated heterocycles. The van der Waals surface area contributed by atoms with Crippen molar-refractivity contribution in [1.29, 1.82) is 0 Å². The van der Waals surface area contributed by atoms with Gasteiger partial charge in [0.1, 0.15) is 5.60 Å². The molecule has 0 radical (unpaired) electrons. The highest BCUT2D eigenvalue weighted by atomic mass is 16.6. The van der Waals surface area contributed by atoms with Crippen molar-refractivity contribution < 1.29 is 19.1 Å². The number of hydrogen-bond acceptors (Lipinski definition) is 5. The number of nitrogens with zero attached hydrogens (tertiary/aromatic N) is 1. The molecule has 166 valence electrons. The van der Waals surface area contributed by atoms with Gasteiger partial charge in [-0.25, -0.2) is 9.59 Å². The molecule has 31 heavy (non-hydrogen) atoms. The smallest absolute Gasteiger partial charge is 0.410 e. The number of esters is 1. The molecule has 1 unspecified atom stereocenters. The van der Waals surface area contributed by atoms with Gasteiger partial charge in [0.2, 0.25) is 0 Å². The van der Waals surface area contributed by atoms with Crippen molar-refractivity contribution in [2.24, 2.45) is 5.92 Å². The maximum absolute atomic E-state index is 13.0. The van der Waals surface area contributed by atoms with Crippen LogP contribution in [0.2, 0.25) is 0 Å². The number of anilines is 1. The number of amides is 1. The van der Waals surface area contributed by atoms with E-state index < -0.39 is 11.6 Å². The van der Waals surface area contributed by atoms with Crippen molar-refractivity contribution in [3.05, 3.63) is 66.2 Å². The van der Waals surface area contributed by atoms with Gasteiger partial charge in [-0.3, -0.25) is 0 Å².